The molecule has 1 fully saturated rings. The zero-order valence-electron chi connectivity index (χ0n) is 20.6. The maximum atomic E-state index is 15.2. The van der Waals surface area contributed by atoms with Crippen molar-refractivity contribution < 1.29 is 18.8 Å². The van der Waals surface area contributed by atoms with Crippen LogP contribution in [-0.4, -0.2) is 39.5 Å². The minimum Gasteiger partial charge on any atom is -0.385 e. The second-order valence-corrected chi connectivity index (χ2v) is 16.2. The summed E-state index contributed by atoms with van der Waals surface area (Å²) in [5.74, 6) is -0.993. The molecule has 3 heterocycles. The van der Waals surface area contributed by atoms with Gasteiger partial charge >= 0.3 is 5.76 Å². The summed E-state index contributed by atoms with van der Waals surface area (Å²) in [6.07, 6.45) is 4.22. The van der Waals surface area contributed by atoms with Crippen molar-refractivity contribution in [2.75, 3.05) is 11.9 Å². The van der Waals surface area contributed by atoms with Crippen LogP contribution >= 0.6 is 0 Å². The van der Waals surface area contributed by atoms with E-state index in [0.717, 1.165) is 30.9 Å². The Bertz CT molecular complexity index is 1430. The average molecular weight is 512 g/mol. The quantitative estimate of drug-likeness (QED) is 0.215. The van der Waals surface area contributed by atoms with Crippen LogP contribution in [0.5, 0.6) is 0 Å². The number of pyridine rings is 1. The van der Waals surface area contributed by atoms with Gasteiger partial charge in [0.15, 0.2) is 17.5 Å². The first-order valence-electron chi connectivity index (χ1n) is 12.0. The number of aromatic nitrogens is 4. The zero-order valence-corrected chi connectivity index (χ0v) is 21.6. The highest BCUT2D eigenvalue weighted by molar-refractivity contribution is 6.76. The first-order valence-corrected chi connectivity index (χ1v) is 15.8. The fraction of sp³-hybridized carbons (Fsp3) is 0.400. The van der Waals surface area contributed by atoms with E-state index >= 15 is 4.39 Å². The van der Waals surface area contributed by atoms with Crippen molar-refractivity contribution in [3.05, 3.63) is 58.5 Å². The van der Waals surface area contributed by atoms with Gasteiger partial charge in [-0.05, 0) is 43.0 Å². The molecule has 1 aliphatic rings. The van der Waals surface area contributed by atoms with E-state index in [9.17, 15) is 9.90 Å². The lowest BCUT2D eigenvalue weighted by molar-refractivity contribution is -0.0387. The number of hydrogen-bond acceptors (Lipinski definition) is 7. The first kappa shape index (κ1) is 24.4. The number of H-pyrrole nitrogens is 1. The Morgan fingerprint density at radius 3 is 2.64 bits per heavy atom. The van der Waals surface area contributed by atoms with Gasteiger partial charge < -0.3 is 19.7 Å². The third kappa shape index (κ3) is 4.99. The van der Waals surface area contributed by atoms with Crippen LogP contribution in [0.3, 0.4) is 0 Å². The molecule has 0 bridgehead atoms. The van der Waals surface area contributed by atoms with Gasteiger partial charge in [0.05, 0.1) is 16.7 Å². The molecule has 11 heteroatoms. The topological polar surface area (TPSA) is 118 Å². The Hall–Kier alpha value is -3.28. The van der Waals surface area contributed by atoms with Crippen LogP contribution in [0.25, 0.3) is 22.4 Å². The Labute approximate surface area is 208 Å². The third-order valence-electron chi connectivity index (χ3n) is 6.59. The number of rotatable bonds is 9. The molecule has 190 valence electrons. The van der Waals surface area contributed by atoms with E-state index in [1.165, 1.54) is 6.07 Å². The highest BCUT2D eigenvalue weighted by atomic mass is 28.3. The van der Waals surface area contributed by atoms with Gasteiger partial charge in [-0.15, -0.1) is 0 Å². The molecule has 0 radical (unpaired) electrons. The first-order chi connectivity index (χ1) is 17.1. The van der Waals surface area contributed by atoms with E-state index in [4.69, 9.17) is 4.74 Å². The number of aromatic amines is 1. The van der Waals surface area contributed by atoms with Gasteiger partial charge in [-0.1, -0.05) is 36.9 Å². The molecule has 0 aliphatic heterocycles. The maximum absolute atomic E-state index is 15.2. The van der Waals surface area contributed by atoms with Crippen molar-refractivity contribution in [2.24, 2.45) is 0 Å². The van der Waals surface area contributed by atoms with Gasteiger partial charge in [0.2, 0.25) is 0 Å². The van der Waals surface area contributed by atoms with Crippen molar-refractivity contribution in [2.45, 2.75) is 57.3 Å². The Morgan fingerprint density at radius 2 is 2.03 bits per heavy atom. The lowest BCUT2D eigenvalue weighted by Crippen LogP contribution is -2.33. The Balaban J connectivity index is 1.45. The number of anilines is 2. The summed E-state index contributed by atoms with van der Waals surface area (Å²) < 4.78 is 27.5. The second kappa shape index (κ2) is 9.30. The number of halogens is 1. The van der Waals surface area contributed by atoms with Crippen LogP contribution in [0.1, 0.15) is 24.8 Å². The van der Waals surface area contributed by atoms with Gasteiger partial charge in [-0.25, -0.2) is 14.2 Å². The lowest BCUT2D eigenvalue weighted by atomic mass is 9.75. The molecule has 3 N–H and O–H groups in total. The number of fused-ring (bicyclic) bond motifs is 1. The highest BCUT2D eigenvalue weighted by Crippen LogP contribution is 2.41. The summed E-state index contributed by atoms with van der Waals surface area (Å²) in [5, 5.41) is 17.4. The van der Waals surface area contributed by atoms with Gasteiger partial charge in [0, 0.05) is 32.6 Å². The van der Waals surface area contributed by atoms with Crippen LogP contribution in [0.4, 0.5) is 15.9 Å². The van der Waals surface area contributed by atoms with Crippen molar-refractivity contribution >= 4 is 30.6 Å². The summed E-state index contributed by atoms with van der Waals surface area (Å²) in [6.45, 7) is 7.64. The second-order valence-electron chi connectivity index (χ2n) is 10.6. The zero-order chi connectivity index (χ0) is 25.5. The molecule has 1 aromatic carbocycles. The molecular weight excluding hydrogens is 481 g/mol. The summed E-state index contributed by atoms with van der Waals surface area (Å²) in [5.41, 5.74) is 2.18. The van der Waals surface area contributed by atoms with E-state index in [1.807, 2.05) is 12.1 Å². The SMILES string of the molecule is C[Si](C)(C)CCOCn1cc(-c2noc(=O)[nH]2)c2nc(Nc3ccc(C4(O)CCC4)cc3)c(F)cc21. The molecule has 5 rings (SSSR count). The lowest BCUT2D eigenvalue weighted by Gasteiger charge is -2.37. The largest absolute Gasteiger partial charge is 0.439 e. The maximum Gasteiger partial charge on any atom is 0.439 e. The van der Waals surface area contributed by atoms with Crippen molar-refractivity contribution in [1.29, 1.82) is 0 Å². The predicted octanol–water partition coefficient (Wildman–Crippen LogP) is 4.95. The van der Waals surface area contributed by atoms with Crippen LogP contribution in [0.15, 0.2) is 45.8 Å². The van der Waals surface area contributed by atoms with Crippen molar-refractivity contribution in [3.63, 3.8) is 0 Å². The van der Waals surface area contributed by atoms with Crippen LogP contribution in [-0.2, 0) is 17.1 Å². The number of benzene rings is 1. The number of nitrogens with one attached hydrogen (secondary N) is 2. The smallest absolute Gasteiger partial charge is 0.385 e. The van der Waals surface area contributed by atoms with Crippen LogP contribution in [0.2, 0.25) is 25.7 Å². The number of aliphatic hydroxyl groups is 1. The molecule has 9 nitrogen and oxygen atoms in total. The molecular formula is C25H30FN5O4Si. The van der Waals surface area contributed by atoms with Crippen LogP contribution < -0.4 is 11.1 Å². The monoisotopic (exact) mass is 511 g/mol. The molecule has 3 aromatic heterocycles. The third-order valence-corrected chi connectivity index (χ3v) is 8.30. The normalized spacial score (nSPS) is 15.2. The fourth-order valence-corrected chi connectivity index (χ4v) is 5.00. The Morgan fingerprint density at radius 1 is 1.28 bits per heavy atom. The van der Waals surface area contributed by atoms with Gasteiger partial charge in [0.25, 0.3) is 0 Å². The molecule has 0 saturated heterocycles. The minimum absolute atomic E-state index is 0.0297. The van der Waals surface area contributed by atoms with Gasteiger partial charge in [-0.2, -0.15) is 0 Å². The molecule has 0 spiro atoms. The number of nitrogens with zero attached hydrogens (tertiary/aromatic N) is 3. The molecule has 36 heavy (non-hydrogen) atoms. The van der Waals surface area contributed by atoms with Crippen LogP contribution in [0, 0.1) is 5.82 Å². The Kier molecular flexibility index (Phi) is 6.31. The van der Waals surface area contributed by atoms with Gasteiger partial charge in [-0.3, -0.25) is 9.51 Å². The van der Waals surface area contributed by atoms with E-state index < -0.39 is 25.2 Å². The summed E-state index contributed by atoms with van der Waals surface area (Å²) in [4.78, 5) is 18.6. The molecule has 0 unspecified atom stereocenters. The van der Waals surface area contributed by atoms with E-state index in [2.05, 4.69) is 44.6 Å². The number of hydrogen-bond donors (Lipinski definition) is 3. The average Bonchev–Trinajstić information content (AvgIpc) is 3.38. The summed E-state index contributed by atoms with van der Waals surface area (Å²) >= 11 is 0. The molecule has 0 amide bonds. The standard InChI is InChI=1S/C25H30FN5O4Si/c1-36(2,3)12-11-34-15-31-14-18(22-29-24(32)35-30-22)21-20(31)13-19(26)23(28-21)27-17-7-5-16(6-8-17)25(33)9-4-10-25/h5-8,13-14,33H,4,9-12,15H2,1-3H3,(H,27,28)(H,29,30,32). The fourth-order valence-electron chi connectivity index (χ4n) is 4.24. The molecule has 1 aliphatic carbocycles. The van der Waals surface area contributed by atoms with Crippen molar-refractivity contribution in [3.8, 4) is 11.4 Å². The van der Waals surface area contributed by atoms with E-state index in [0.29, 0.717) is 28.9 Å². The highest BCUT2D eigenvalue weighted by Gasteiger charge is 2.35. The molecule has 4 aromatic rings. The van der Waals surface area contributed by atoms with Gasteiger partial charge in [0.1, 0.15) is 12.2 Å². The number of ether oxygens (including phenoxy) is 1. The predicted molar refractivity (Wildman–Crippen MR) is 137 cm³/mol. The molecule has 1 saturated carbocycles. The van der Waals surface area contributed by atoms with E-state index in [1.54, 1.807) is 22.9 Å². The summed E-state index contributed by atoms with van der Waals surface area (Å²) in [7, 11) is -1.25. The minimum atomic E-state index is -1.25. The molecule has 0 atom stereocenters. The van der Waals surface area contributed by atoms with E-state index in [-0.39, 0.29) is 18.4 Å². The summed E-state index contributed by atoms with van der Waals surface area (Å²) in [6, 6.07) is 9.68. The van der Waals surface area contributed by atoms with Crippen molar-refractivity contribution in [1.82, 2.24) is 19.7 Å².